The van der Waals surface area contributed by atoms with Crippen molar-refractivity contribution >= 4 is 5.97 Å². The second-order valence-electron chi connectivity index (χ2n) is 5.94. The van der Waals surface area contributed by atoms with Crippen LogP contribution in [-0.2, 0) is 9.53 Å². The monoisotopic (exact) mass is 253 g/mol. The first kappa shape index (κ1) is 15.2. The van der Waals surface area contributed by atoms with Crippen molar-refractivity contribution in [2.75, 3.05) is 13.1 Å². The first-order valence-electron chi connectivity index (χ1n) is 7.08. The number of rotatable bonds is 6. The van der Waals surface area contributed by atoms with Crippen molar-refractivity contribution in [1.29, 1.82) is 0 Å². The van der Waals surface area contributed by atoms with Gasteiger partial charge in [0.15, 0.2) is 0 Å². The molecule has 1 aliphatic rings. The number of allylic oxidation sites excluding steroid dienone is 1. The van der Waals surface area contributed by atoms with Gasteiger partial charge in [0, 0.05) is 6.54 Å². The van der Waals surface area contributed by atoms with Crippen molar-refractivity contribution < 1.29 is 9.53 Å². The summed E-state index contributed by atoms with van der Waals surface area (Å²) in [4.78, 5) is 11.4. The van der Waals surface area contributed by atoms with E-state index in [-0.39, 0.29) is 11.6 Å². The topological polar surface area (TPSA) is 38.3 Å². The lowest BCUT2D eigenvalue weighted by molar-refractivity contribution is -0.154. The first-order chi connectivity index (χ1) is 8.47. The second-order valence-corrected chi connectivity index (χ2v) is 5.94. The van der Waals surface area contributed by atoms with Gasteiger partial charge in [0.2, 0.25) is 0 Å². The smallest absolute Gasteiger partial charge is 0.307 e. The summed E-state index contributed by atoms with van der Waals surface area (Å²) in [6.07, 6.45) is 9.13. The molecule has 0 heterocycles. The molecule has 0 atom stereocenters. The third-order valence-electron chi connectivity index (χ3n) is 2.93. The average molecular weight is 253 g/mol. The largest absolute Gasteiger partial charge is 0.460 e. The summed E-state index contributed by atoms with van der Waals surface area (Å²) in [5, 5.41) is 3.31. The van der Waals surface area contributed by atoms with E-state index in [2.05, 4.69) is 11.4 Å². The highest BCUT2D eigenvalue weighted by atomic mass is 16.6. The Labute approximate surface area is 111 Å². The summed E-state index contributed by atoms with van der Waals surface area (Å²) < 4.78 is 5.24. The molecule has 18 heavy (non-hydrogen) atoms. The summed E-state index contributed by atoms with van der Waals surface area (Å²) in [6, 6.07) is 0. The van der Waals surface area contributed by atoms with Crippen LogP contribution in [0.15, 0.2) is 11.6 Å². The minimum absolute atomic E-state index is 0.119. The highest BCUT2D eigenvalue weighted by Gasteiger charge is 2.15. The Hall–Kier alpha value is -0.830. The molecule has 0 aromatic carbocycles. The van der Waals surface area contributed by atoms with E-state index in [1.54, 1.807) is 5.57 Å². The fourth-order valence-electron chi connectivity index (χ4n) is 2.09. The summed E-state index contributed by atoms with van der Waals surface area (Å²) in [6.45, 7) is 7.37. The molecule has 0 unspecified atom stereocenters. The number of ether oxygens (including phenoxy) is 1. The van der Waals surface area contributed by atoms with Crippen LogP contribution in [0.4, 0.5) is 0 Å². The number of carbonyl (C=O) groups is 1. The van der Waals surface area contributed by atoms with Gasteiger partial charge in [-0.1, -0.05) is 11.6 Å². The van der Waals surface area contributed by atoms with Crippen LogP contribution in [0.25, 0.3) is 0 Å². The Morgan fingerprint density at radius 3 is 2.72 bits per heavy atom. The molecule has 0 saturated heterocycles. The van der Waals surface area contributed by atoms with Crippen LogP contribution >= 0.6 is 0 Å². The molecule has 0 amide bonds. The van der Waals surface area contributed by atoms with Gasteiger partial charge in [-0.15, -0.1) is 0 Å². The van der Waals surface area contributed by atoms with Crippen molar-refractivity contribution in [3.63, 3.8) is 0 Å². The van der Waals surface area contributed by atoms with Gasteiger partial charge in [-0.3, -0.25) is 4.79 Å². The third kappa shape index (κ3) is 7.49. The van der Waals surface area contributed by atoms with Gasteiger partial charge in [0.25, 0.3) is 0 Å². The van der Waals surface area contributed by atoms with E-state index in [0.717, 1.165) is 13.0 Å². The lowest BCUT2D eigenvalue weighted by Gasteiger charge is -2.19. The quantitative estimate of drug-likeness (QED) is 0.449. The van der Waals surface area contributed by atoms with Crippen molar-refractivity contribution in [3.05, 3.63) is 11.6 Å². The Morgan fingerprint density at radius 1 is 1.33 bits per heavy atom. The molecule has 3 heteroatoms. The fourth-order valence-corrected chi connectivity index (χ4v) is 2.09. The van der Waals surface area contributed by atoms with Gasteiger partial charge >= 0.3 is 5.97 Å². The van der Waals surface area contributed by atoms with E-state index < -0.39 is 0 Å². The molecule has 0 spiro atoms. The van der Waals surface area contributed by atoms with E-state index >= 15 is 0 Å². The van der Waals surface area contributed by atoms with Crippen LogP contribution in [0.5, 0.6) is 0 Å². The summed E-state index contributed by atoms with van der Waals surface area (Å²) >= 11 is 0. The molecular weight excluding hydrogens is 226 g/mol. The predicted molar refractivity (Wildman–Crippen MR) is 74.5 cm³/mol. The molecule has 3 nitrogen and oxygen atoms in total. The molecule has 0 aliphatic heterocycles. The summed E-state index contributed by atoms with van der Waals surface area (Å²) in [5.74, 6) is -0.119. The van der Waals surface area contributed by atoms with Gasteiger partial charge in [0.05, 0.1) is 6.42 Å². The minimum atomic E-state index is -0.371. The number of hydrogen-bond donors (Lipinski definition) is 1. The molecule has 0 bridgehead atoms. The first-order valence-corrected chi connectivity index (χ1v) is 7.08. The van der Waals surface area contributed by atoms with Crippen LogP contribution in [0, 0.1) is 0 Å². The Morgan fingerprint density at radius 2 is 2.11 bits per heavy atom. The maximum atomic E-state index is 11.4. The summed E-state index contributed by atoms with van der Waals surface area (Å²) in [5.41, 5.74) is 1.20. The van der Waals surface area contributed by atoms with E-state index in [0.29, 0.717) is 13.0 Å². The molecule has 0 aromatic rings. The number of hydrogen-bond acceptors (Lipinski definition) is 3. The van der Waals surface area contributed by atoms with Gasteiger partial charge in [0.1, 0.15) is 5.60 Å². The van der Waals surface area contributed by atoms with Crippen molar-refractivity contribution in [3.8, 4) is 0 Å². The number of carbonyl (C=O) groups excluding carboxylic acids is 1. The van der Waals surface area contributed by atoms with Crippen LogP contribution in [0.1, 0.15) is 59.3 Å². The van der Waals surface area contributed by atoms with Gasteiger partial charge in [-0.25, -0.2) is 0 Å². The number of nitrogens with one attached hydrogen (secondary N) is 1. The highest BCUT2D eigenvalue weighted by molar-refractivity contribution is 5.70. The van der Waals surface area contributed by atoms with Crippen molar-refractivity contribution in [1.82, 2.24) is 5.32 Å². The molecule has 0 fully saturated rings. The summed E-state index contributed by atoms with van der Waals surface area (Å²) in [7, 11) is 0. The second kappa shape index (κ2) is 7.57. The van der Waals surface area contributed by atoms with E-state index in [1.807, 2.05) is 20.8 Å². The van der Waals surface area contributed by atoms with Gasteiger partial charge < -0.3 is 10.1 Å². The Kier molecular flexibility index (Phi) is 6.41. The SMILES string of the molecule is CC(C)(C)OC(=O)CCNCCC1=CCCCC1. The maximum Gasteiger partial charge on any atom is 0.307 e. The van der Waals surface area contributed by atoms with Crippen LogP contribution < -0.4 is 5.32 Å². The molecule has 0 aromatic heterocycles. The minimum Gasteiger partial charge on any atom is -0.460 e. The van der Waals surface area contributed by atoms with Crippen LogP contribution in [0.3, 0.4) is 0 Å². The average Bonchev–Trinajstić information content (AvgIpc) is 2.27. The molecule has 0 saturated carbocycles. The zero-order valence-corrected chi connectivity index (χ0v) is 12.1. The standard InChI is InChI=1S/C15H27NO2/c1-15(2,3)18-14(17)10-12-16-11-9-13-7-5-4-6-8-13/h7,16H,4-6,8-12H2,1-3H3. The molecule has 0 radical (unpaired) electrons. The van der Waals surface area contributed by atoms with Crippen molar-refractivity contribution in [2.45, 2.75) is 64.9 Å². The van der Waals surface area contributed by atoms with E-state index in [9.17, 15) is 4.79 Å². The van der Waals surface area contributed by atoms with Crippen LogP contribution in [0.2, 0.25) is 0 Å². The van der Waals surface area contributed by atoms with Gasteiger partial charge in [-0.05, 0) is 59.4 Å². The number of esters is 1. The predicted octanol–water partition coefficient (Wildman–Crippen LogP) is 3.20. The van der Waals surface area contributed by atoms with Crippen LogP contribution in [-0.4, -0.2) is 24.7 Å². The normalized spacial score (nSPS) is 16.3. The van der Waals surface area contributed by atoms with Crippen molar-refractivity contribution in [2.24, 2.45) is 0 Å². The third-order valence-corrected chi connectivity index (χ3v) is 2.93. The molecule has 1 aliphatic carbocycles. The van der Waals surface area contributed by atoms with E-state index in [4.69, 9.17) is 4.74 Å². The highest BCUT2D eigenvalue weighted by Crippen LogP contribution is 2.19. The zero-order valence-electron chi connectivity index (χ0n) is 12.1. The zero-order chi connectivity index (χ0) is 13.4. The molecular formula is C15H27NO2. The maximum absolute atomic E-state index is 11.4. The van der Waals surface area contributed by atoms with E-state index in [1.165, 1.54) is 25.7 Å². The molecule has 1 rings (SSSR count). The molecule has 1 N–H and O–H groups in total. The Balaban J connectivity index is 2.01. The lowest BCUT2D eigenvalue weighted by Crippen LogP contribution is -2.27. The fraction of sp³-hybridized carbons (Fsp3) is 0.800. The van der Waals surface area contributed by atoms with Gasteiger partial charge in [-0.2, -0.15) is 0 Å². The Bertz CT molecular complexity index is 289. The lowest BCUT2D eigenvalue weighted by atomic mass is 9.97. The molecule has 104 valence electrons.